The summed E-state index contributed by atoms with van der Waals surface area (Å²) in [6, 6.07) is 18.1. The van der Waals surface area contributed by atoms with E-state index in [1.807, 2.05) is 39.0 Å². The Kier molecular flexibility index (Phi) is 5.76. The van der Waals surface area contributed by atoms with Gasteiger partial charge in [0.15, 0.2) is 0 Å². The van der Waals surface area contributed by atoms with Crippen molar-refractivity contribution in [3.05, 3.63) is 93.6 Å². The molecule has 0 spiro atoms. The van der Waals surface area contributed by atoms with Crippen molar-refractivity contribution in [2.24, 2.45) is 0 Å². The lowest BCUT2D eigenvalue weighted by Gasteiger charge is -2.17. The number of nitrogens with one attached hydrogen (secondary N) is 1. The minimum Gasteiger partial charge on any atom is -0.497 e. The van der Waals surface area contributed by atoms with Crippen molar-refractivity contribution in [2.45, 2.75) is 20.8 Å². The summed E-state index contributed by atoms with van der Waals surface area (Å²) < 4.78 is 5.24. The second kappa shape index (κ2) is 8.52. The van der Waals surface area contributed by atoms with Gasteiger partial charge in [0.1, 0.15) is 11.4 Å². The SMILES string of the molecule is COc1ccc(C2=C(Nc3ccc(Cl)cc3C)C(=O)N(c3cc(C)cc(C)c3)C2=O)cc1. The average Bonchev–Trinajstić information content (AvgIpc) is 2.99. The molecule has 1 aliphatic rings. The molecule has 162 valence electrons. The van der Waals surface area contributed by atoms with Crippen LogP contribution in [0.1, 0.15) is 22.3 Å². The first kappa shape index (κ1) is 21.7. The Morgan fingerprint density at radius 3 is 2.09 bits per heavy atom. The molecule has 2 amide bonds. The zero-order valence-corrected chi connectivity index (χ0v) is 19.1. The van der Waals surface area contributed by atoms with Gasteiger partial charge in [0, 0.05) is 10.7 Å². The van der Waals surface area contributed by atoms with Crippen molar-refractivity contribution in [2.75, 3.05) is 17.3 Å². The monoisotopic (exact) mass is 446 g/mol. The molecule has 0 atom stereocenters. The third kappa shape index (κ3) is 3.99. The molecule has 3 aromatic carbocycles. The number of hydrogen-bond acceptors (Lipinski definition) is 4. The highest BCUT2D eigenvalue weighted by molar-refractivity contribution is 6.46. The van der Waals surface area contributed by atoms with Crippen molar-refractivity contribution in [3.63, 3.8) is 0 Å². The van der Waals surface area contributed by atoms with Gasteiger partial charge >= 0.3 is 0 Å². The number of anilines is 2. The highest BCUT2D eigenvalue weighted by Gasteiger charge is 2.40. The quantitative estimate of drug-likeness (QED) is 0.513. The third-order valence-electron chi connectivity index (χ3n) is 5.38. The van der Waals surface area contributed by atoms with Gasteiger partial charge in [-0.2, -0.15) is 0 Å². The van der Waals surface area contributed by atoms with Gasteiger partial charge < -0.3 is 10.1 Å². The van der Waals surface area contributed by atoms with E-state index in [1.165, 1.54) is 4.90 Å². The van der Waals surface area contributed by atoms with Crippen LogP contribution in [0.15, 0.2) is 66.4 Å². The molecular weight excluding hydrogens is 424 g/mol. The van der Waals surface area contributed by atoms with E-state index in [0.717, 1.165) is 16.7 Å². The number of aryl methyl sites for hydroxylation is 3. The summed E-state index contributed by atoms with van der Waals surface area (Å²) in [5.41, 5.74) is 5.24. The second-order valence-electron chi connectivity index (χ2n) is 7.85. The van der Waals surface area contributed by atoms with Crippen LogP contribution in [0.3, 0.4) is 0 Å². The highest BCUT2D eigenvalue weighted by Crippen LogP contribution is 2.35. The molecule has 0 aromatic heterocycles. The Balaban J connectivity index is 1.84. The van der Waals surface area contributed by atoms with Gasteiger partial charge in [-0.3, -0.25) is 9.59 Å². The Hall–Kier alpha value is -3.57. The number of nitrogens with zero attached hydrogens (tertiary/aromatic N) is 1. The normalized spacial score (nSPS) is 13.7. The van der Waals surface area contributed by atoms with Crippen LogP contribution in [0.25, 0.3) is 5.57 Å². The summed E-state index contributed by atoms with van der Waals surface area (Å²) in [5, 5.41) is 3.80. The lowest BCUT2D eigenvalue weighted by atomic mass is 10.0. The largest absolute Gasteiger partial charge is 0.497 e. The number of halogens is 1. The summed E-state index contributed by atoms with van der Waals surface area (Å²) in [6.45, 7) is 5.77. The van der Waals surface area contributed by atoms with Crippen molar-refractivity contribution in [1.29, 1.82) is 0 Å². The van der Waals surface area contributed by atoms with E-state index in [9.17, 15) is 9.59 Å². The number of ether oxygens (including phenoxy) is 1. The second-order valence-corrected chi connectivity index (χ2v) is 8.29. The maximum absolute atomic E-state index is 13.6. The minimum atomic E-state index is -0.403. The highest BCUT2D eigenvalue weighted by atomic mass is 35.5. The first-order chi connectivity index (χ1) is 15.3. The molecule has 0 radical (unpaired) electrons. The third-order valence-corrected chi connectivity index (χ3v) is 5.61. The molecule has 0 aliphatic carbocycles. The van der Waals surface area contributed by atoms with Crippen molar-refractivity contribution in [1.82, 2.24) is 0 Å². The fraction of sp³-hybridized carbons (Fsp3) is 0.154. The molecule has 4 rings (SSSR count). The van der Waals surface area contributed by atoms with Gasteiger partial charge in [-0.15, -0.1) is 0 Å². The first-order valence-corrected chi connectivity index (χ1v) is 10.5. The van der Waals surface area contributed by atoms with Gasteiger partial charge in [0.25, 0.3) is 11.8 Å². The average molecular weight is 447 g/mol. The molecule has 0 unspecified atom stereocenters. The number of amides is 2. The number of carbonyl (C=O) groups is 2. The fourth-order valence-electron chi connectivity index (χ4n) is 3.89. The molecule has 0 fully saturated rings. The van der Waals surface area contributed by atoms with Crippen LogP contribution in [0.4, 0.5) is 11.4 Å². The van der Waals surface area contributed by atoms with E-state index in [1.54, 1.807) is 49.6 Å². The maximum Gasteiger partial charge on any atom is 0.282 e. The predicted octanol–water partition coefficient (Wildman–Crippen LogP) is 5.67. The van der Waals surface area contributed by atoms with Gasteiger partial charge in [0.2, 0.25) is 0 Å². The zero-order chi connectivity index (χ0) is 23.0. The molecule has 0 saturated carbocycles. The Labute approximate surface area is 192 Å². The fourth-order valence-corrected chi connectivity index (χ4v) is 4.11. The Morgan fingerprint density at radius 2 is 1.50 bits per heavy atom. The maximum atomic E-state index is 13.6. The lowest BCUT2D eigenvalue weighted by Crippen LogP contribution is -2.32. The molecule has 1 aliphatic heterocycles. The van der Waals surface area contributed by atoms with Gasteiger partial charge in [0.05, 0.1) is 18.4 Å². The molecule has 1 N–H and O–H groups in total. The van der Waals surface area contributed by atoms with E-state index in [4.69, 9.17) is 16.3 Å². The van der Waals surface area contributed by atoms with E-state index in [-0.39, 0.29) is 11.6 Å². The first-order valence-electron chi connectivity index (χ1n) is 10.2. The molecule has 3 aromatic rings. The molecule has 1 heterocycles. The van der Waals surface area contributed by atoms with Crippen LogP contribution in [0.5, 0.6) is 5.75 Å². The molecule has 0 bridgehead atoms. The smallest absolute Gasteiger partial charge is 0.282 e. The van der Waals surface area contributed by atoms with E-state index < -0.39 is 5.91 Å². The van der Waals surface area contributed by atoms with Gasteiger partial charge in [-0.1, -0.05) is 29.8 Å². The summed E-state index contributed by atoms with van der Waals surface area (Å²) in [5.74, 6) is -0.111. The van der Waals surface area contributed by atoms with Crippen LogP contribution in [-0.2, 0) is 9.59 Å². The number of methoxy groups -OCH3 is 1. The molecule has 6 heteroatoms. The summed E-state index contributed by atoms with van der Waals surface area (Å²) in [4.78, 5) is 28.4. The summed E-state index contributed by atoms with van der Waals surface area (Å²) in [6.07, 6.45) is 0. The number of imide groups is 1. The minimum absolute atomic E-state index is 0.227. The van der Waals surface area contributed by atoms with E-state index in [0.29, 0.717) is 33.3 Å². The van der Waals surface area contributed by atoms with Crippen LogP contribution in [0.2, 0.25) is 5.02 Å². The molecule has 5 nitrogen and oxygen atoms in total. The Bertz CT molecular complexity index is 1240. The van der Waals surface area contributed by atoms with E-state index >= 15 is 0 Å². The molecule has 32 heavy (non-hydrogen) atoms. The Morgan fingerprint density at radius 1 is 0.844 bits per heavy atom. The number of rotatable bonds is 5. The topological polar surface area (TPSA) is 58.6 Å². The number of hydrogen-bond donors (Lipinski definition) is 1. The predicted molar refractivity (Wildman–Crippen MR) is 128 cm³/mol. The summed E-state index contributed by atoms with van der Waals surface area (Å²) in [7, 11) is 1.58. The van der Waals surface area contributed by atoms with Crippen LogP contribution < -0.4 is 15.0 Å². The molecule has 0 saturated heterocycles. The summed E-state index contributed by atoms with van der Waals surface area (Å²) >= 11 is 6.09. The number of carbonyl (C=O) groups excluding carboxylic acids is 2. The standard InChI is InChI=1S/C26H23ClN2O3/c1-15-11-16(2)13-20(12-15)29-25(30)23(18-5-8-21(32-4)9-6-18)24(26(29)31)28-22-10-7-19(27)14-17(22)3/h5-14,28H,1-4H3. The van der Waals surface area contributed by atoms with Gasteiger partial charge in [-0.25, -0.2) is 4.90 Å². The van der Waals surface area contributed by atoms with Gasteiger partial charge in [-0.05, 0) is 85.5 Å². The lowest BCUT2D eigenvalue weighted by molar-refractivity contribution is -0.120. The number of benzene rings is 3. The van der Waals surface area contributed by atoms with Crippen molar-refractivity contribution < 1.29 is 14.3 Å². The van der Waals surface area contributed by atoms with Crippen molar-refractivity contribution in [3.8, 4) is 5.75 Å². The zero-order valence-electron chi connectivity index (χ0n) is 18.3. The van der Waals surface area contributed by atoms with Crippen molar-refractivity contribution >= 4 is 40.4 Å². The molecular formula is C26H23ClN2O3. The van der Waals surface area contributed by atoms with Crippen LogP contribution in [-0.4, -0.2) is 18.9 Å². The van der Waals surface area contributed by atoms with Crippen LogP contribution >= 0.6 is 11.6 Å². The van der Waals surface area contributed by atoms with Crippen LogP contribution in [0, 0.1) is 20.8 Å². The van der Waals surface area contributed by atoms with E-state index in [2.05, 4.69) is 5.32 Å².